The standard InChI is InChI=1S/C22H21N3O3/c26-21(24-28)11-9-19-7-4-8-20(23-19)10-12-22(27)25-15-13-18(14-16-25)17-5-2-1-3-6-17/h1-13,28H,14-16H2,(H,24,26). The van der Waals surface area contributed by atoms with Gasteiger partial charge in [0.1, 0.15) is 0 Å². The average Bonchev–Trinajstić information content (AvgIpc) is 2.76. The Bertz CT molecular complexity index is 933. The van der Waals surface area contributed by atoms with E-state index in [2.05, 4.69) is 23.2 Å². The van der Waals surface area contributed by atoms with Gasteiger partial charge in [-0.1, -0.05) is 42.5 Å². The lowest BCUT2D eigenvalue weighted by molar-refractivity contribution is -0.125. The van der Waals surface area contributed by atoms with Gasteiger partial charge in [-0.25, -0.2) is 10.5 Å². The molecule has 6 nitrogen and oxygen atoms in total. The molecule has 2 amide bonds. The summed E-state index contributed by atoms with van der Waals surface area (Å²) in [7, 11) is 0. The van der Waals surface area contributed by atoms with E-state index >= 15 is 0 Å². The molecule has 1 aromatic heterocycles. The Morgan fingerprint density at radius 3 is 2.36 bits per heavy atom. The molecule has 0 spiro atoms. The molecule has 3 rings (SSSR count). The summed E-state index contributed by atoms with van der Waals surface area (Å²) in [5, 5.41) is 8.49. The van der Waals surface area contributed by atoms with Crippen molar-refractivity contribution >= 4 is 29.5 Å². The zero-order valence-electron chi connectivity index (χ0n) is 15.3. The van der Waals surface area contributed by atoms with Crippen molar-refractivity contribution in [1.29, 1.82) is 0 Å². The third-order valence-corrected chi connectivity index (χ3v) is 4.37. The summed E-state index contributed by atoms with van der Waals surface area (Å²) in [6.07, 6.45) is 8.74. The number of carbonyl (C=O) groups excluding carboxylic acids is 2. The lowest BCUT2D eigenvalue weighted by atomic mass is 9.99. The highest BCUT2D eigenvalue weighted by Crippen LogP contribution is 2.22. The van der Waals surface area contributed by atoms with E-state index in [4.69, 9.17) is 5.21 Å². The SMILES string of the molecule is O=C(C=Cc1cccc(C=CC(=O)N2CC=C(c3ccccc3)CC2)n1)NO. The summed E-state index contributed by atoms with van der Waals surface area (Å²) in [4.78, 5) is 29.6. The first kappa shape index (κ1) is 19.3. The molecule has 2 N–H and O–H groups in total. The Balaban J connectivity index is 1.61. The number of amides is 2. The molecular weight excluding hydrogens is 354 g/mol. The number of nitrogens with one attached hydrogen (secondary N) is 1. The van der Waals surface area contributed by atoms with Crippen LogP contribution in [-0.2, 0) is 9.59 Å². The van der Waals surface area contributed by atoms with Crippen molar-refractivity contribution < 1.29 is 14.8 Å². The Labute approximate surface area is 163 Å². The fourth-order valence-electron chi connectivity index (χ4n) is 2.90. The quantitative estimate of drug-likeness (QED) is 0.478. The number of rotatable bonds is 5. The van der Waals surface area contributed by atoms with Gasteiger partial charge < -0.3 is 4.90 Å². The summed E-state index contributed by atoms with van der Waals surface area (Å²) in [6.45, 7) is 1.26. The second kappa shape index (κ2) is 9.43. The number of pyridine rings is 1. The number of nitrogens with zero attached hydrogens (tertiary/aromatic N) is 2. The molecule has 1 aliphatic heterocycles. The van der Waals surface area contributed by atoms with Gasteiger partial charge in [0.2, 0.25) is 5.91 Å². The van der Waals surface area contributed by atoms with Gasteiger partial charge in [-0.05, 0) is 41.8 Å². The van der Waals surface area contributed by atoms with Crippen LogP contribution in [0.3, 0.4) is 0 Å². The molecule has 142 valence electrons. The molecule has 0 unspecified atom stereocenters. The molecule has 1 aromatic carbocycles. The van der Waals surface area contributed by atoms with E-state index in [9.17, 15) is 9.59 Å². The third-order valence-electron chi connectivity index (χ3n) is 4.37. The molecule has 28 heavy (non-hydrogen) atoms. The summed E-state index contributed by atoms with van der Waals surface area (Å²) in [5.74, 6) is -0.697. The van der Waals surface area contributed by atoms with Crippen molar-refractivity contribution in [1.82, 2.24) is 15.4 Å². The van der Waals surface area contributed by atoms with Crippen LogP contribution in [0.2, 0.25) is 0 Å². The fourth-order valence-corrected chi connectivity index (χ4v) is 2.90. The number of aromatic nitrogens is 1. The van der Waals surface area contributed by atoms with Crippen LogP contribution >= 0.6 is 0 Å². The van der Waals surface area contributed by atoms with E-state index in [1.54, 1.807) is 29.2 Å². The molecule has 0 radical (unpaired) electrons. The van der Waals surface area contributed by atoms with E-state index < -0.39 is 5.91 Å². The van der Waals surface area contributed by atoms with Crippen LogP contribution < -0.4 is 5.48 Å². The Hall–Kier alpha value is -3.51. The van der Waals surface area contributed by atoms with Crippen LogP contribution in [-0.4, -0.2) is 40.0 Å². The highest BCUT2D eigenvalue weighted by atomic mass is 16.5. The molecule has 0 saturated carbocycles. The first-order valence-corrected chi connectivity index (χ1v) is 8.96. The largest absolute Gasteiger partial charge is 0.335 e. The van der Waals surface area contributed by atoms with Gasteiger partial charge in [0.15, 0.2) is 0 Å². The first-order valence-electron chi connectivity index (χ1n) is 8.96. The lowest BCUT2D eigenvalue weighted by Crippen LogP contribution is -2.33. The Morgan fingerprint density at radius 2 is 1.71 bits per heavy atom. The molecule has 0 bridgehead atoms. The highest BCUT2D eigenvalue weighted by molar-refractivity contribution is 5.92. The number of benzene rings is 1. The predicted molar refractivity (Wildman–Crippen MR) is 108 cm³/mol. The summed E-state index contributed by atoms with van der Waals surface area (Å²) >= 11 is 0. The zero-order chi connectivity index (χ0) is 19.8. The molecular formula is C22H21N3O3. The minimum absolute atomic E-state index is 0.0641. The van der Waals surface area contributed by atoms with Gasteiger partial charge in [-0.2, -0.15) is 0 Å². The number of hydrogen-bond acceptors (Lipinski definition) is 4. The van der Waals surface area contributed by atoms with Crippen LogP contribution in [0.25, 0.3) is 17.7 Å². The smallest absolute Gasteiger partial charge is 0.267 e. The monoisotopic (exact) mass is 375 g/mol. The van der Waals surface area contributed by atoms with Gasteiger partial charge in [0.05, 0.1) is 11.4 Å². The average molecular weight is 375 g/mol. The van der Waals surface area contributed by atoms with E-state index in [1.807, 2.05) is 18.2 Å². The summed E-state index contributed by atoms with van der Waals surface area (Å²) < 4.78 is 0. The molecule has 6 heteroatoms. The molecule has 0 atom stereocenters. The maximum atomic E-state index is 12.4. The van der Waals surface area contributed by atoms with Gasteiger partial charge in [0.25, 0.3) is 5.91 Å². The lowest BCUT2D eigenvalue weighted by Gasteiger charge is -2.25. The van der Waals surface area contributed by atoms with Crippen LogP contribution in [0.4, 0.5) is 0 Å². The van der Waals surface area contributed by atoms with E-state index in [-0.39, 0.29) is 5.91 Å². The van der Waals surface area contributed by atoms with Crippen LogP contribution in [0.5, 0.6) is 0 Å². The van der Waals surface area contributed by atoms with Gasteiger partial charge >= 0.3 is 0 Å². The number of hydrogen-bond donors (Lipinski definition) is 2. The molecule has 2 aromatic rings. The van der Waals surface area contributed by atoms with Crippen molar-refractivity contribution in [3.8, 4) is 0 Å². The zero-order valence-corrected chi connectivity index (χ0v) is 15.3. The molecule has 0 fully saturated rings. The fraction of sp³-hybridized carbons (Fsp3) is 0.136. The van der Waals surface area contributed by atoms with Crippen LogP contribution in [0.15, 0.2) is 66.8 Å². The highest BCUT2D eigenvalue weighted by Gasteiger charge is 2.15. The van der Waals surface area contributed by atoms with Crippen molar-refractivity contribution in [2.45, 2.75) is 6.42 Å². The van der Waals surface area contributed by atoms with Crippen molar-refractivity contribution in [3.05, 3.63) is 83.7 Å². The number of hydroxylamine groups is 1. The topological polar surface area (TPSA) is 82.5 Å². The Kier molecular flexibility index (Phi) is 6.49. The first-order chi connectivity index (χ1) is 13.7. The van der Waals surface area contributed by atoms with Gasteiger partial charge in [-0.15, -0.1) is 0 Å². The van der Waals surface area contributed by atoms with E-state index in [0.29, 0.717) is 24.5 Å². The van der Waals surface area contributed by atoms with Crippen molar-refractivity contribution in [2.75, 3.05) is 13.1 Å². The Morgan fingerprint density at radius 1 is 1.00 bits per heavy atom. The van der Waals surface area contributed by atoms with Gasteiger partial charge in [-0.3, -0.25) is 14.8 Å². The van der Waals surface area contributed by atoms with Crippen molar-refractivity contribution in [3.63, 3.8) is 0 Å². The number of carbonyl (C=O) groups is 2. The third kappa shape index (κ3) is 5.25. The second-order valence-corrected chi connectivity index (χ2v) is 6.26. The normalized spacial score (nSPS) is 14.3. The molecule has 0 aliphatic carbocycles. The van der Waals surface area contributed by atoms with E-state index in [1.165, 1.54) is 34.8 Å². The molecule has 2 heterocycles. The van der Waals surface area contributed by atoms with Gasteiger partial charge in [0, 0.05) is 25.2 Å². The second-order valence-electron chi connectivity index (χ2n) is 6.26. The summed E-state index contributed by atoms with van der Waals surface area (Å²) in [6, 6.07) is 15.5. The summed E-state index contributed by atoms with van der Waals surface area (Å²) in [5.41, 5.74) is 5.14. The van der Waals surface area contributed by atoms with E-state index in [0.717, 1.165) is 6.42 Å². The minimum atomic E-state index is -0.633. The van der Waals surface area contributed by atoms with Crippen molar-refractivity contribution in [2.24, 2.45) is 0 Å². The maximum Gasteiger partial charge on any atom is 0.267 e. The molecule has 0 saturated heterocycles. The van der Waals surface area contributed by atoms with Crippen LogP contribution in [0, 0.1) is 0 Å². The minimum Gasteiger partial charge on any atom is -0.335 e. The maximum absolute atomic E-state index is 12.4. The predicted octanol–water partition coefficient (Wildman–Crippen LogP) is 2.93. The molecule has 1 aliphatic rings. The van der Waals surface area contributed by atoms with Crippen LogP contribution in [0.1, 0.15) is 23.4 Å².